The Morgan fingerprint density at radius 1 is 1.45 bits per heavy atom. The molecule has 0 aliphatic heterocycles. The molecular formula is C16H19N3O2S. The maximum Gasteiger partial charge on any atom is 0.319 e. The number of aromatic nitrogens is 1. The van der Waals surface area contributed by atoms with Gasteiger partial charge in [-0.05, 0) is 49.4 Å². The summed E-state index contributed by atoms with van der Waals surface area (Å²) in [5, 5.41) is 8.84. The zero-order valence-corrected chi connectivity index (χ0v) is 13.4. The first kappa shape index (κ1) is 14.8. The Labute approximate surface area is 133 Å². The molecule has 0 spiro atoms. The van der Waals surface area contributed by atoms with Gasteiger partial charge in [-0.1, -0.05) is 0 Å². The number of hydrogen-bond acceptors (Lipinski definition) is 4. The highest BCUT2D eigenvalue weighted by Crippen LogP contribution is 2.41. The van der Waals surface area contributed by atoms with Gasteiger partial charge in [0, 0.05) is 17.3 Å². The van der Waals surface area contributed by atoms with E-state index >= 15 is 0 Å². The van der Waals surface area contributed by atoms with E-state index in [1.54, 1.807) is 24.6 Å². The van der Waals surface area contributed by atoms with Crippen LogP contribution in [-0.2, 0) is 0 Å². The van der Waals surface area contributed by atoms with Crippen molar-refractivity contribution in [2.24, 2.45) is 5.92 Å². The zero-order chi connectivity index (χ0) is 15.5. The summed E-state index contributed by atoms with van der Waals surface area (Å²) in [5.74, 6) is 1.32. The lowest BCUT2D eigenvalue weighted by molar-refractivity contribution is 0.247. The Morgan fingerprint density at radius 3 is 2.86 bits per heavy atom. The minimum atomic E-state index is -0.198. The van der Waals surface area contributed by atoms with Gasteiger partial charge in [-0.15, -0.1) is 11.3 Å². The number of nitrogens with zero attached hydrogens (tertiary/aromatic N) is 1. The minimum Gasteiger partial charge on any atom is -0.496 e. The number of ether oxygens (including phenoxy) is 1. The fourth-order valence-electron chi connectivity index (χ4n) is 2.46. The van der Waals surface area contributed by atoms with Crippen molar-refractivity contribution < 1.29 is 9.53 Å². The number of benzene rings is 1. The summed E-state index contributed by atoms with van der Waals surface area (Å²) in [4.78, 5) is 16.6. The molecule has 116 valence electrons. The number of anilines is 1. The quantitative estimate of drug-likeness (QED) is 0.883. The number of carbonyl (C=O) groups is 1. The van der Waals surface area contributed by atoms with Gasteiger partial charge in [0.15, 0.2) is 0 Å². The molecule has 1 heterocycles. The average Bonchev–Trinajstić information content (AvgIpc) is 3.19. The van der Waals surface area contributed by atoms with Crippen LogP contribution in [0.25, 0.3) is 0 Å². The van der Waals surface area contributed by atoms with Gasteiger partial charge in [0.25, 0.3) is 0 Å². The molecule has 0 radical (unpaired) electrons. The predicted octanol–water partition coefficient (Wildman–Crippen LogP) is 3.73. The molecule has 1 aromatic carbocycles. The van der Waals surface area contributed by atoms with Crippen LogP contribution >= 0.6 is 11.3 Å². The number of carbonyl (C=O) groups excluding carboxylic acids is 1. The third-order valence-corrected chi connectivity index (χ3v) is 4.61. The third-order valence-electron chi connectivity index (χ3n) is 3.75. The number of methoxy groups -OCH3 is 1. The summed E-state index contributed by atoms with van der Waals surface area (Å²) in [7, 11) is 1.64. The highest BCUT2D eigenvalue weighted by molar-refractivity contribution is 7.09. The number of rotatable bonds is 5. The largest absolute Gasteiger partial charge is 0.496 e. The van der Waals surface area contributed by atoms with E-state index in [-0.39, 0.29) is 12.1 Å². The van der Waals surface area contributed by atoms with Crippen LogP contribution < -0.4 is 15.4 Å². The minimum absolute atomic E-state index is 0.0133. The Bertz CT molecular complexity index is 653. The van der Waals surface area contributed by atoms with Crippen molar-refractivity contribution in [2.45, 2.75) is 25.8 Å². The Morgan fingerprint density at radius 2 is 2.27 bits per heavy atom. The summed E-state index contributed by atoms with van der Waals surface area (Å²) in [5.41, 5.74) is 1.74. The predicted molar refractivity (Wildman–Crippen MR) is 87.5 cm³/mol. The maximum absolute atomic E-state index is 12.2. The average molecular weight is 317 g/mol. The first-order chi connectivity index (χ1) is 10.7. The van der Waals surface area contributed by atoms with Gasteiger partial charge in [0.1, 0.15) is 10.8 Å². The molecule has 22 heavy (non-hydrogen) atoms. The second-order valence-corrected chi connectivity index (χ2v) is 6.39. The molecule has 0 saturated heterocycles. The smallest absolute Gasteiger partial charge is 0.319 e. The monoisotopic (exact) mass is 317 g/mol. The zero-order valence-electron chi connectivity index (χ0n) is 12.6. The Kier molecular flexibility index (Phi) is 4.29. The molecule has 1 aliphatic carbocycles. The highest BCUT2D eigenvalue weighted by atomic mass is 32.1. The number of nitrogens with one attached hydrogen (secondary N) is 2. The van der Waals surface area contributed by atoms with Gasteiger partial charge in [-0.25, -0.2) is 9.78 Å². The lowest BCUT2D eigenvalue weighted by Crippen LogP contribution is -2.33. The van der Waals surface area contributed by atoms with Crippen LogP contribution in [0.2, 0.25) is 0 Å². The van der Waals surface area contributed by atoms with Crippen molar-refractivity contribution in [3.63, 3.8) is 0 Å². The van der Waals surface area contributed by atoms with Gasteiger partial charge in [-0.3, -0.25) is 0 Å². The van der Waals surface area contributed by atoms with Crippen LogP contribution in [0, 0.1) is 12.8 Å². The lowest BCUT2D eigenvalue weighted by atomic mass is 10.2. The molecule has 1 fully saturated rings. The van der Waals surface area contributed by atoms with Gasteiger partial charge in [0.2, 0.25) is 0 Å². The molecule has 2 N–H and O–H groups in total. The van der Waals surface area contributed by atoms with Gasteiger partial charge in [0.05, 0.1) is 13.2 Å². The normalized spacial score (nSPS) is 15.2. The summed E-state index contributed by atoms with van der Waals surface area (Å²) >= 11 is 1.58. The fraction of sp³-hybridized carbons (Fsp3) is 0.375. The van der Waals surface area contributed by atoms with Crippen LogP contribution in [0.4, 0.5) is 10.5 Å². The topological polar surface area (TPSA) is 63.2 Å². The third kappa shape index (κ3) is 3.39. The van der Waals surface area contributed by atoms with E-state index in [1.807, 2.05) is 30.5 Å². The maximum atomic E-state index is 12.2. The number of hydrogen-bond donors (Lipinski definition) is 2. The van der Waals surface area contributed by atoms with Crippen LogP contribution in [0.15, 0.2) is 29.8 Å². The molecule has 2 amide bonds. The van der Waals surface area contributed by atoms with E-state index in [0.717, 1.165) is 34.8 Å². The SMILES string of the molecule is COc1ccc(NC(=O)N[C@@H](c2nccs2)C2CC2)cc1C. The number of thiazole rings is 1. The van der Waals surface area contributed by atoms with Gasteiger partial charge >= 0.3 is 6.03 Å². The molecule has 1 atom stereocenters. The highest BCUT2D eigenvalue weighted by Gasteiger charge is 2.35. The summed E-state index contributed by atoms with van der Waals surface area (Å²) in [6, 6.07) is 5.40. The fourth-order valence-corrected chi connectivity index (χ4v) is 3.24. The second-order valence-electron chi connectivity index (χ2n) is 5.47. The van der Waals surface area contributed by atoms with Gasteiger partial charge < -0.3 is 15.4 Å². The van der Waals surface area contributed by atoms with Crippen molar-refractivity contribution in [3.8, 4) is 5.75 Å². The molecule has 3 rings (SSSR count). The van der Waals surface area contributed by atoms with E-state index in [4.69, 9.17) is 4.74 Å². The van der Waals surface area contributed by atoms with E-state index in [1.165, 1.54) is 0 Å². The van der Waals surface area contributed by atoms with Crippen molar-refractivity contribution in [1.29, 1.82) is 0 Å². The summed E-state index contributed by atoms with van der Waals surface area (Å²) in [6.07, 6.45) is 4.07. The van der Waals surface area contributed by atoms with Gasteiger partial charge in [-0.2, -0.15) is 0 Å². The molecule has 1 aromatic heterocycles. The van der Waals surface area contributed by atoms with Crippen LogP contribution in [0.1, 0.15) is 29.5 Å². The van der Waals surface area contributed by atoms with E-state index in [9.17, 15) is 4.79 Å². The molecule has 0 bridgehead atoms. The standard InChI is InChI=1S/C16H19N3O2S/c1-10-9-12(5-6-13(10)21-2)18-16(20)19-14(11-3-4-11)15-17-7-8-22-15/h5-9,11,14H,3-4H2,1-2H3,(H2,18,19,20)/t14-/m1/s1. The molecule has 5 nitrogen and oxygen atoms in total. The van der Waals surface area contributed by atoms with Crippen molar-refractivity contribution in [1.82, 2.24) is 10.3 Å². The number of aryl methyl sites for hydroxylation is 1. The van der Waals surface area contributed by atoms with E-state index < -0.39 is 0 Å². The molecular weight excluding hydrogens is 298 g/mol. The first-order valence-corrected chi connectivity index (χ1v) is 8.17. The van der Waals surface area contributed by atoms with Crippen molar-refractivity contribution in [2.75, 3.05) is 12.4 Å². The van der Waals surface area contributed by atoms with Crippen molar-refractivity contribution in [3.05, 3.63) is 40.3 Å². The van der Waals surface area contributed by atoms with E-state index in [2.05, 4.69) is 15.6 Å². The summed E-state index contributed by atoms with van der Waals surface area (Å²) < 4.78 is 5.22. The number of amides is 2. The molecule has 6 heteroatoms. The molecule has 1 saturated carbocycles. The molecule has 2 aromatic rings. The van der Waals surface area contributed by atoms with E-state index in [0.29, 0.717) is 5.92 Å². The first-order valence-electron chi connectivity index (χ1n) is 7.29. The Hall–Kier alpha value is -2.08. The lowest BCUT2D eigenvalue weighted by Gasteiger charge is -2.17. The van der Waals surface area contributed by atoms with Crippen LogP contribution in [0.3, 0.4) is 0 Å². The molecule has 1 aliphatic rings. The van der Waals surface area contributed by atoms with Crippen LogP contribution in [-0.4, -0.2) is 18.1 Å². The summed E-state index contributed by atoms with van der Waals surface area (Å²) in [6.45, 7) is 1.95. The van der Waals surface area contributed by atoms with Crippen molar-refractivity contribution >= 4 is 23.1 Å². The number of urea groups is 1. The molecule has 0 unspecified atom stereocenters. The Balaban J connectivity index is 1.65. The second kappa shape index (κ2) is 6.36. The van der Waals surface area contributed by atoms with Crippen LogP contribution in [0.5, 0.6) is 5.75 Å².